The predicted molar refractivity (Wildman–Crippen MR) is 97.7 cm³/mol. The molecule has 0 fully saturated rings. The lowest BCUT2D eigenvalue weighted by Crippen LogP contribution is -2.37. The zero-order chi connectivity index (χ0) is 19.2. The smallest absolute Gasteiger partial charge is 0.261 e. The molecule has 27 heavy (non-hydrogen) atoms. The molecule has 3 aromatic rings. The summed E-state index contributed by atoms with van der Waals surface area (Å²) < 4.78 is 23.7. The summed E-state index contributed by atoms with van der Waals surface area (Å²) in [4.78, 5) is 16.6. The van der Waals surface area contributed by atoms with E-state index in [1.807, 2.05) is 6.92 Å². The van der Waals surface area contributed by atoms with E-state index >= 15 is 0 Å². The molecule has 1 atom stereocenters. The molecule has 1 unspecified atom stereocenters. The van der Waals surface area contributed by atoms with Crippen LogP contribution >= 0.6 is 11.6 Å². The highest BCUT2D eigenvalue weighted by atomic mass is 35.5. The summed E-state index contributed by atoms with van der Waals surface area (Å²) in [5, 5.41) is 7.20. The predicted octanol–water partition coefficient (Wildman–Crippen LogP) is 4.00. The molecule has 8 heteroatoms. The Balaban J connectivity index is 1.57. The highest BCUT2D eigenvalue weighted by Gasteiger charge is 2.19. The summed E-state index contributed by atoms with van der Waals surface area (Å²) >= 11 is 5.86. The lowest BCUT2D eigenvalue weighted by molar-refractivity contribution is -0.128. The van der Waals surface area contributed by atoms with E-state index in [4.69, 9.17) is 20.9 Å². The Morgan fingerprint density at radius 1 is 1.22 bits per heavy atom. The van der Waals surface area contributed by atoms with E-state index in [1.165, 1.54) is 24.3 Å². The first-order chi connectivity index (χ1) is 13.0. The maximum Gasteiger partial charge on any atom is 0.261 e. The van der Waals surface area contributed by atoms with Gasteiger partial charge in [-0.25, -0.2) is 4.39 Å². The number of hydrogen-bond donors (Lipinski definition) is 1. The lowest BCUT2D eigenvalue weighted by atomic mass is 10.2. The van der Waals surface area contributed by atoms with Crippen molar-refractivity contribution >= 4 is 17.5 Å². The van der Waals surface area contributed by atoms with Crippen molar-refractivity contribution in [2.75, 3.05) is 0 Å². The van der Waals surface area contributed by atoms with Gasteiger partial charge in [-0.1, -0.05) is 23.7 Å². The van der Waals surface area contributed by atoms with E-state index in [0.29, 0.717) is 23.0 Å². The summed E-state index contributed by atoms with van der Waals surface area (Å²) in [5.41, 5.74) is 0.756. The highest BCUT2D eigenvalue weighted by Crippen LogP contribution is 2.19. The van der Waals surface area contributed by atoms with Gasteiger partial charge in [0.25, 0.3) is 5.91 Å². The third-order valence-electron chi connectivity index (χ3n) is 3.74. The Hall–Kier alpha value is -2.93. The van der Waals surface area contributed by atoms with Crippen LogP contribution in [0.15, 0.2) is 53.1 Å². The minimum absolute atomic E-state index is 0.0721. The summed E-state index contributed by atoms with van der Waals surface area (Å²) in [6, 6.07) is 12.5. The quantitative estimate of drug-likeness (QED) is 0.660. The molecule has 0 bridgehead atoms. The molecule has 2 aromatic carbocycles. The van der Waals surface area contributed by atoms with E-state index in [0.717, 1.165) is 5.56 Å². The number of hydrogen-bond acceptors (Lipinski definition) is 5. The van der Waals surface area contributed by atoms with Gasteiger partial charge in [0.1, 0.15) is 11.6 Å². The molecule has 1 N–H and O–H groups in total. The molecule has 0 aliphatic rings. The third-order valence-corrected chi connectivity index (χ3v) is 3.99. The molecule has 140 valence electrons. The Labute approximate surface area is 160 Å². The van der Waals surface area contributed by atoms with Crippen LogP contribution in [-0.4, -0.2) is 22.2 Å². The molecule has 1 amide bonds. The molecule has 0 saturated heterocycles. The molecular formula is C19H17ClFN3O3. The SMILES string of the molecule is CCC(Oc1ccc(F)cc1)C(=O)NCc1nc(-c2ccc(Cl)cc2)no1. The molecule has 0 aliphatic heterocycles. The Morgan fingerprint density at radius 2 is 1.93 bits per heavy atom. The maximum atomic E-state index is 13.0. The van der Waals surface area contributed by atoms with Gasteiger partial charge in [-0.15, -0.1) is 0 Å². The van der Waals surface area contributed by atoms with Crippen LogP contribution in [0.1, 0.15) is 19.2 Å². The Bertz CT molecular complexity index is 897. The van der Waals surface area contributed by atoms with Gasteiger partial charge in [0.15, 0.2) is 6.10 Å². The van der Waals surface area contributed by atoms with Crippen molar-refractivity contribution in [2.45, 2.75) is 26.0 Å². The van der Waals surface area contributed by atoms with E-state index in [2.05, 4.69) is 15.5 Å². The van der Waals surface area contributed by atoms with Crippen LogP contribution in [-0.2, 0) is 11.3 Å². The van der Waals surface area contributed by atoms with Crippen LogP contribution in [0.2, 0.25) is 5.02 Å². The Morgan fingerprint density at radius 3 is 2.59 bits per heavy atom. The average Bonchev–Trinajstić information content (AvgIpc) is 3.15. The van der Waals surface area contributed by atoms with E-state index < -0.39 is 6.10 Å². The van der Waals surface area contributed by atoms with Gasteiger partial charge in [0, 0.05) is 10.6 Å². The minimum Gasteiger partial charge on any atom is -0.481 e. The van der Waals surface area contributed by atoms with Crippen molar-refractivity contribution in [1.82, 2.24) is 15.5 Å². The number of rotatable bonds is 7. The molecule has 3 rings (SSSR count). The number of halogens is 2. The highest BCUT2D eigenvalue weighted by molar-refractivity contribution is 6.30. The summed E-state index contributed by atoms with van der Waals surface area (Å²) in [6.45, 7) is 1.89. The number of aromatic nitrogens is 2. The molecule has 6 nitrogen and oxygen atoms in total. The second kappa shape index (κ2) is 8.64. The number of nitrogens with one attached hydrogen (secondary N) is 1. The summed E-state index contributed by atoms with van der Waals surface area (Å²) in [7, 11) is 0. The van der Waals surface area contributed by atoms with Crippen LogP contribution in [0, 0.1) is 5.82 Å². The molecule has 0 spiro atoms. The van der Waals surface area contributed by atoms with Gasteiger partial charge in [-0.05, 0) is 55.0 Å². The van der Waals surface area contributed by atoms with Crippen LogP contribution < -0.4 is 10.1 Å². The van der Waals surface area contributed by atoms with Crippen molar-refractivity contribution in [1.29, 1.82) is 0 Å². The zero-order valence-electron chi connectivity index (χ0n) is 14.5. The fraction of sp³-hybridized carbons (Fsp3) is 0.211. The lowest BCUT2D eigenvalue weighted by Gasteiger charge is -2.16. The first-order valence-corrected chi connectivity index (χ1v) is 8.71. The normalized spacial score (nSPS) is 11.8. The number of ether oxygens (including phenoxy) is 1. The number of nitrogens with zero attached hydrogens (tertiary/aromatic N) is 2. The first kappa shape index (κ1) is 18.8. The number of amides is 1. The molecule has 1 heterocycles. The van der Waals surface area contributed by atoms with Crippen LogP contribution in [0.4, 0.5) is 4.39 Å². The van der Waals surface area contributed by atoms with Crippen molar-refractivity contribution < 1.29 is 18.4 Å². The average molecular weight is 390 g/mol. The van der Waals surface area contributed by atoms with Crippen molar-refractivity contribution in [3.8, 4) is 17.1 Å². The molecule has 1 aromatic heterocycles. The van der Waals surface area contributed by atoms with Crippen molar-refractivity contribution in [2.24, 2.45) is 0 Å². The van der Waals surface area contributed by atoms with Crippen molar-refractivity contribution in [3.05, 3.63) is 65.3 Å². The molecule has 0 saturated carbocycles. The van der Waals surface area contributed by atoms with Gasteiger partial charge in [-0.2, -0.15) is 4.98 Å². The Kier molecular flexibility index (Phi) is 6.03. The first-order valence-electron chi connectivity index (χ1n) is 8.33. The van der Waals surface area contributed by atoms with Gasteiger partial charge in [-0.3, -0.25) is 4.79 Å². The second-order valence-electron chi connectivity index (χ2n) is 5.71. The van der Waals surface area contributed by atoms with E-state index in [9.17, 15) is 9.18 Å². The van der Waals surface area contributed by atoms with E-state index in [1.54, 1.807) is 24.3 Å². The molecule has 0 aliphatic carbocycles. The number of benzene rings is 2. The monoisotopic (exact) mass is 389 g/mol. The van der Waals surface area contributed by atoms with Crippen LogP contribution in [0.25, 0.3) is 11.4 Å². The summed E-state index contributed by atoms with van der Waals surface area (Å²) in [6.07, 6.45) is -0.266. The van der Waals surface area contributed by atoms with Crippen LogP contribution in [0.3, 0.4) is 0 Å². The van der Waals surface area contributed by atoms with Gasteiger partial charge in [0.05, 0.1) is 6.54 Å². The second-order valence-corrected chi connectivity index (χ2v) is 6.14. The zero-order valence-corrected chi connectivity index (χ0v) is 15.2. The topological polar surface area (TPSA) is 77.2 Å². The molecule has 0 radical (unpaired) electrons. The largest absolute Gasteiger partial charge is 0.481 e. The molecular weight excluding hydrogens is 373 g/mol. The van der Waals surface area contributed by atoms with Gasteiger partial charge < -0.3 is 14.6 Å². The maximum absolute atomic E-state index is 13.0. The summed E-state index contributed by atoms with van der Waals surface area (Å²) in [5.74, 6) is 0.400. The van der Waals surface area contributed by atoms with Crippen molar-refractivity contribution in [3.63, 3.8) is 0 Å². The number of carbonyl (C=O) groups is 1. The minimum atomic E-state index is -0.714. The number of carbonyl (C=O) groups excluding carboxylic acids is 1. The fourth-order valence-electron chi connectivity index (χ4n) is 2.32. The van der Waals surface area contributed by atoms with Crippen LogP contribution in [0.5, 0.6) is 5.75 Å². The third kappa shape index (κ3) is 5.04. The van der Waals surface area contributed by atoms with Gasteiger partial charge >= 0.3 is 0 Å². The van der Waals surface area contributed by atoms with E-state index in [-0.39, 0.29) is 24.2 Å². The standard InChI is InChI=1S/C19H17ClFN3O3/c1-2-16(26-15-9-7-14(21)8-10-15)19(25)22-11-17-23-18(24-27-17)12-3-5-13(20)6-4-12/h3-10,16H,2,11H2,1H3,(H,22,25). The fourth-order valence-corrected chi connectivity index (χ4v) is 2.45. The van der Waals surface area contributed by atoms with Gasteiger partial charge in [0.2, 0.25) is 11.7 Å².